The third-order valence-corrected chi connectivity index (χ3v) is 1.97. The van der Waals surface area contributed by atoms with Crippen molar-refractivity contribution in [1.82, 2.24) is 4.90 Å². The smallest absolute Gasteiger partial charge is 0.136 e. The second-order valence-corrected chi connectivity index (χ2v) is 4.62. The first kappa shape index (κ1) is 12.6. The molecule has 0 aromatic carbocycles. The number of carbonyl (C=O) groups is 1. The zero-order valence-corrected chi connectivity index (χ0v) is 9.58. The van der Waals surface area contributed by atoms with Crippen molar-refractivity contribution in [2.45, 2.75) is 40.7 Å². The molecule has 0 fully saturated rings. The Hall–Kier alpha value is -0.370. The predicted octanol–water partition coefficient (Wildman–Crippen LogP) is 2.19. The summed E-state index contributed by atoms with van der Waals surface area (Å²) in [5.41, 5.74) is 0. The highest BCUT2D eigenvalue weighted by atomic mass is 16.1. The van der Waals surface area contributed by atoms with Crippen molar-refractivity contribution in [3.63, 3.8) is 0 Å². The summed E-state index contributed by atoms with van der Waals surface area (Å²) in [6.07, 6.45) is 1.03. The molecule has 0 aliphatic rings. The number of hydrogen-bond donors (Lipinski definition) is 0. The SMILES string of the molecule is CC(C)CN(CC(C)C)C(C)C=O. The normalized spacial score (nSPS) is 14.2. The van der Waals surface area contributed by atoms with E-state index in [1.54, 1.807) is 0 Å². The molecule has 1 atom stereocenters. The Morgan fingerprint density at radius 2 is 1.38 bits per heavy atom. The molecule has 0 heterocycles. The van der Waals surface area contributed by atoms with E-state index in [0.717, 1.165) is 19.4 Å². The van der Waals surface area contributed by atoms with Crippen LogP contribution < -0.4 is 0 Å². The first-order chi connectivity index (χ1) is 5.97. The Balaban J connectivity index is 4.09. The number of carbonyl (C=O) groups excluding carboxylic acids is 1. The minimum Gasteiger partial charge on any atom is -0.302 e. The molecule has 78 valence electrons. The molecule has 0 aromatic rings. The van der Waals surface area contributed by atoms with Crippen LogP contribution >= 0.6 is 0 Å². The Bertz CT molecular complexity index is 133. The van der Waals surface area contributed by atoms with E-state index in [-0.39, 0.29) is 6.04 Å². The maximum Gasteiger partial charge on any atom is 0.136 e. The van der Waals surface area contributed by atoms with Gasteiger partial charge in [-0.2, -0.15) is 0 Å². The van der Waals surface area contributed by atoms with E-state index in [4.69, 9.17) is 0 Å². The van der Waals surface area contributed by atoms with E-state index in [9.17, 15) is 4.79 Å². The van der Waals surface area contributed by atoms with Crippen molar-refractivity contribution in [2.75, 3.05) is 13.1 Å². The summed E-state index contributed by atoms with van der Waals surface area (Å²) in [7, 11) is 0. The molecule has 0 saturated carbocycles. The Kier molecular flexibility index (Phi) is 5.97. The van der Waals surface area contributed by atoms with Gasteiger partial charge in [0, 0.05) is 13.1 Å². The average molecular weight is 185 g/mol. The van der Waals surface area contributed by atoms with Gasteiger partial charge in [-0.15, -0.1) is 0 Å². The lowest BCUT2D eigenvalue weighted by molar-refractivity contribution is -0.112. The van der Waals surface area contributed by atoms with Gasteiger partial charge < -0.3 is 4.79 Å². The molecule has 0 aliphatic heterocycles. The summed E-state index contributed by atoms with van der Waals surface area (Å²) < 4.78 is 0. The van der Waals surface area contributed by atoms with E-state index in [0.29, 0.717) is 11.8 Å². The van der Waals surface area contributed by atoms with Gasteiger partial charge in [-0.25, -0.2) is 0 Å². The fraction of sp³-hybridized carbons (Fsp3) is 0.909. The third kappa shape index (κ3) is 5.81. The summed E-state index contributed by atoms with van der Waals surface area (Å²) in [4.78, 5) is 12.9. The van der Waals surface area contributed by atoms with Crippen LogP contribution in [0.3, 0.4) is 0 Å². The molecule has 0 radical (unpaired) electrons. The maximum atomic E-state index is 10.7. The molecule has 0 amide bonds. The van der Waals surface area contributed by atoms with E-state index >= 15 is 0 Å². The molecule has 0 spiro atoms. The first-order valence-electron chi connectivity index (χ1n) is 5.16. The highest BCUT2D eigenvalue weighted by Crippen LogP contribution is 2.06. The van der Waals surface area contributed by atoms with Crippen molar-refractivity contribution < 1.29 is 4.79 Å². The van der Waals surface area contributed by atoms with Crippen LogP contribution in [0, 0.1) is 11.8 Å². The highest BCUT2D eigenvalue weighted by molar-refractivity contribution is 5.56. The molecule has 2 nitrogen and oxygen atoms in total. The molecule has 0 aromatic heterocycles. The van der Waals surface area contributed by atoms with Crippen molar-refractivity contribution >= 4 is 6.29 Å². The number of nitrogens with zero attached hydrogens (tertiary/aromatic N) is 1. The van der Waals surface area contributed by atoms with Gasteiger partial charge in [-0.05, 0) is 18.8 Å². The molecule has 0 N–H and O–H groups in total. The van der Waals surface area contributed by atoms with Gasteiger partial charge in [0.05, 0.1) is 6.04 Å². The second kappa shape index (κ2) is 6.14. The second-order valence-electron chi connectivity index (χ2n) is 4.62. The van der Waals surface area contributed by atoms with Crippen molar-refractivity contribution in [3.8, 4) is 0 Å². The number of aldehydes is 1. The van der Waals surface area contributed by atoms with Crippen LogP contribution in [0.1, 0.15) is 34.6 Å². The van der Waals surface area contributed by atoms with Gasteiger partial charge in [-0.3, -0.25) is 4.90 Å². The van der Waals surface area contributed by atoms with Gasteiger partial charge in [-0.1, -0.05) is 27.7 Å². The third-order valence-electron chi connectivity index (χ3n) is 1.97. The molecular weight excluding hydrogens is 162 g/mol. The Morgan fingerprint density at radius 3 is 1.62 bits per heavy atom. The van der Waals surface area contributed by atoms with E-state index in [2.05, 4.69) is 32.6 Å². The van der Waals surface area contributed by atoms with E-state index < -0.39 is 0 Å². The van der Waals surface area contributed by atoms with Crippen LogP contribution in [-0.4, -0.2) is 30.3 Å². The summed E-state index contributed by atoms with van der Waals surface area (Å²) in [5, 5.41) is 0. The summed E-state index contributed by atoms with van der Waals surface area (Å²) in [5.74, 6) is 1.25. The highest BCUT2D eigenvalue weighted by Gasteiger charge is 2.14. The number of hydrogen-bond acceptors (Lipinski definition) is 2. The zero-order valence-electron chi connectivity index (χ0n) is 9.58. The van der Waals surface area contributed by atoms with Crippen LogP contribution in [-0.2, 0) is 4.79 Å². The molecular formula is C11H23NO. The molecule has 2 heteroatoms. The van der Waals surface area contributed by atoms with Crippen molar-refractivity contribution in [1.29, 1.82) is 0 Å². The molecule has 0 bridgehead atoms. The van der Waals surface area contributed by atoms with Crippen molar-refractivity contribution in [2.24, 2.45) is 11.8 Å². The van der Waals surface area contributed by atoms with Gasteiger partial charge in [0.15, 0.2) is 0 Å². The first-order valence-corrected chi connectivity index (χ1v) is 5.16. The Morgan fingerprint density at radius 1 is 1.00 bits per heavy atom. The zero-order chi connectivity index (χ0) is 10.4. The van der Waals surface area contributed by atoms with Crippen LogP contribution in [0.15, 0.2) is 0 Å². The lowest BCUT2D eigenvalue weighted by atomic mass is 10.1. The largest absolute Gasteiger partial charge is 0.302 e. The van der Waals surface area contributed by atoms with Gasteiger partial charge in [0.25, 0.3) is 0 Å². The van der Waals surface area contributed by atoms with E-state index in [1.807, 2.05) is 6.92 Å². The molecule has 13 heavy (non-hydrogen) atoms. The molecule has 0 aliphatic carbocycles. The monoisotopic (exact) mass is 185 g/mol. The van der Waals surface area contributed by atoms with Crippen LogP contribution in [0.2, 0.25) is 0 Å². The Labute approximate surface area is 82.3 Å². The molecule has 1 unspecified atom stereocenters. The predicted molar refractivity (Wildman–Crippen MR) is 56.8 cm³/mol. The average Bonchev–Trinajstić information content (AvgIpc) is 2.00. The summed E-state index contributed by atoms with van der Waals surface area (Å²) in [6.45, 7) is 12.7. The van der Waals surface area contributed by atoms with Crippen molar-refractivity contribution in [3.05, 3.63) is 0 Å². The van der Waals surface area contributed by atoms with Gasteiger partial charge >= 0.3 is 0 Å². The summed E-state index contributed by atoms with van der Waals surface area (Å²) >= 11 is 0. The van der Waals surface area contributed by atoms with Gasteiger partial charge in [0.1, 0.15) is 6.29 Å². The standard InChI is InChI=1S/C11H23NO/c1-9(2)6-12(7-10(3)4)11(5)8-13/h8-11H,6-7H2,1-5H3. The van der Waals surface area contributed by atoms with Crippen LogP contribution in [0.25, 0.3) is 0 Å². The maximum absolute atomic E-state index is 10.7. The topological polar surface area (TPSA) is 20.3 Å². The molecule has 0 rings (SSSR count). The van der Waals surface area contributed by atoms with Crippen LogP contribution in [0.4, 0.5) is 0 Å². The van der Waals surface area contributed by atoms with E-state index in [1.165, 1.54) is 0 Å². The van der Waals surface area contributed by atoms with Gasteiger partial charge in [0.2, 0.25) is 0 Å². The lowest BCUT2D eigenvalue weighted by Gasteiger charge is -2.28. The number of rotatable bonds is 6. The fourth-order valence-electron chi connectivity index (χ4n) is 1.43. The minimum absolute atomic E-state index is 0.0600. The minimum atomic E-state index is 0.0600. The summed E-state index contributed by atoms with van der Waals surface area (Å²) in [6, 6.07) is 0.0600. The fourth-order valence-corrected chi connectivity index (χ4v) is 1.43. The lowest BCUT2D eigenvalue weighted by Crippen LogP contribution is -2.39. The molecule has 0 saturated heterocycles. The quantitative estimate of drug-likeness (QED) is 0.591. The van der Waals surface area contributed by atoms with Crippen LogP contribution in [0.5, 0.6) is 0 Å².